The first-order valence-corrected chi connectivity index (χ1v) is 12.3. The summed E-state index contributed by atoms with van der Waals surface area (Å²) >= 11 is 1.29. The Balaban J connectivity index is 1.92. The first kappa shape index (κ1) is 25.2. The van der Waals surface area contributed by atoms with E-state index in [0.717, 1.165) is 11.3 Å². The Kier molecular flexibility index (Phi) is 7.30. The molecule has 4 rings (SSSR count). The lowest BCUT2D eigenvalue weighted by Crippen LogP contribution is -2.39. The molecule has 0 fully saturated rings. The van der Waals surface area contributed by atoms with E-state index in [4.69, 9.17) is 14.2 Å². The third kappa shape index (κ3) is 4.66. The number of fused-ring (bicyclic) bond motifs is 1. The van der Waals surface area contributed by atoms with E-state index in [1.165, 1.54) is 11.3 Å². The molecule has 2 aromatic carbocycles. The number of hydrogen-bond donors (Lipinski definition) is 0. The Bertz CT molecular complexity index is 1500. The number of methoxy groups -OCH3 is 2. The Morgan fingerprint density at radius 1 is 1.11 bits per heavy atom. The fourth-order valence-corrected chi connectivity index (χ4v) is 5.20. The van der Waals surface area contributed by atoms with Gasteiger partial charge in [-0.3, -0.25) is 9.36 Å². The smallest absolute Gasteiger partial charge is 0.338 e. The van der Waals surface area contributed by atoms with Crippen LogP contribution < -0.4 is 29.3 Å². The van der Waals surface area contributed by atoms with Crippen molar-refractivity contribution >= 4 is 29.1 Å². The van der Waals surface area contributed by atoms with Gasteiger partial charge in [-0.1, -0.05) is 29.5 Å². The third-order valence-electron chi connectivity index (χ3n) is 5.95. The molecule has 0 amide bonds. The summed E-state index contributed by atoms with van der Waals surface area (Å²) in [5.74, 6) is 0.538. The van der Waals surface area contributed by atoms with E-state index < -0.39 is 12.0 Å². The van der Waals surface area contributed by atoms with Gasteiger partial charge in [-0.25, -0.2) is 9.79 Å². The number of thiazole rings is 1. The summed E-state index contributed by atoms with van der Waals surface area (Å²) < 4.78 is 18.3. The van der Waals surface area contributed by atoms with Gasteiger partial charge in [-0.05, 0) is 55.3 Å². The van der Waals surface area contributed by atoms with Gasteiger partial charge in [-0.15, -0.1) is 0 Å². The summed E-state index contributed by atoms with van der Waals surface area (Å²) in [6.07, 6.45) is 1.85. The van der Waals surface area contributed by atoms with Crippen molar-refractivity contribution in [3.8, 4) is 11.5 Å². The lowest BCUT2D eigenvalue weighted by Gasteiger charge is -2.25. The summed E-state index contributed by atoms with van der Waals surface area (Å²) in [6.45, 7) is 3.72. The molecule has 0 aliphatic carbocycles. The molecule has 0 saturated heterocycles. The van der Waals surface area contributed by atoms with Crippen molar-refractivity contribution in [2.24, 2.45) is 4.99 Å². The van der Waals surface area contributed by atoms with Crippen molar-refractivity contribution < 1.29 is 19.0 Å². The first-order valence-electron chi connectivity index (χ1n) is 11.5. The van der Waals surface area contributed by atoms with Crippen LogP contribution in [0.3, 0.4) is 0 Å². The Hall–Kier alpha value is -3.85. The minimum absolute atomic E-state index is 0.210. The third-order valence-corrected chi connectivity index (χ3v) is 6.93. The zero-order chi connectivity index (χ0) is 26.0. The predicted molar refractivity (Wildman–Crippen MR) is 141 cm³/mol. The van der Waals surface area contributed by atoms with Crippen molar-refractivity contribution in [2.75, 3.05) is 39.8 Å². The monoisotopic (exact) mass is 507 g/mol. The van der Waals surface area contributed by atoms with Gasteiger partial charge in [0.15, 0.2) is 16.3 Å². The average molecular weight is 508 g/mol. The van der Waals surface area contributed by atoms with Gasteiger partial charge < -0.3 is 19.1 Å². The fraction of sp³-hybridized carbons (Fsp3) is 0.296. The van der Waals surface area contributed by atoms with E-state index in [2.05, 4.69) is 4.99 Å². The summed E-state index contributed by atoms with van der Waals surface area (Å²) in [5, 5.41) is 0. The number of carbonyl (C=O) groups is 1. The molecule has 188 valence electrons. The number of anilines is 1. The van der Waals surface area contributed by atoms with E-state index in [-0.39, 0.29) is 12.2 Å². The molecule has 2 heterocycles. The molecule has 0 bridgehead atoms. The molecule has 1 aliphatic heterocycles. The highest BCUT2D eigenvalue weighted by Crippen LogP contribution is 2.36. The Morgan fingerprint density at radius 2 is 1.81 bits per heavy atom. The molecule has 0 spiro atoms. The quantitative estimate of drug-likeness (QED) is 0.458. The van der Waals surface area contributed by atoms with E-state index in [0.29, 0.717) is 37.7 Å². The van der Waals surface area contributed by atoms with E-state index >= 15 is 0 Å². The Labute approximate surface area is 213 Å². The van der Waals surface area contributed by atoms with E-state index in [1.807, 2.05) is 55.4 Å². The second-order valence-corrected chi connectivity index (χ2v) is 9.41. The van der Waals surface area contributed by atoms with Crippen LogP contribution in [0.25, 0.3) is 6.08 Å². The number of esters is 1. The standard InChI is InChI=1S/C27H29N3O5S/c1-7-35-26(32)23-16(2)28-27-30(24(23)18-10-13-20(33-5)21(15-18)34-6)25(31)22(36-27)14-17-8-11-19(12-9-17)29(3)4/h8-15,24H,7H2,1-6H3/b22-14-/t24-/m0/s1. The Morgan fingerprint density at radius 3 is 2.42 bits per heavy atom. The molecule has 1 aromatic heterocycles. The number of ether oxygens (including phenoxy) is 3. The van der Waals surface area contributed by atoms with Crippen molar-refractivity contribution in [3.63, 3.8) is 0 Å². The SMILES string of the molecule is CCOC(=O)C1=C(C)N=c2s/c(=C\c3ccc(N(C)C)cc3)c(=O)n2[C@H]1c1ccc(OC)c(OC)c1. The van der Waals surface area contributed by atoms with Crippen LogP contribution in [-0.4, -0.2) is 45.5 Å². The second-order valence-electron chi connectivity index (χ2n) is 8.40. The second kappa shape index (κ2) is 10.4. The number of hydrogen-bond acceptors (Lipinski definition) is 8. The molecule has 0 unspecified atom stereocenters. The van der Waals surface area contributed by atoms with Crippen molar-refractivity contribution in [1.82, 2.24) is 4.57 Å². The highest BCUT2D eigenvalue weighted by molar-refractivity contribution is 7.07. The molecule has 0 saturated carbocycles. The van der Waals surface area contributed by atoms with Gasteiger partial charge >= 0.3 is 5.97 Å². The van der Waals surface area contributed by atoms with Gasteiger partial charge in [0.05, 0.1) is 42.7 Å². The minimum Gasteiger partial charge on any atom is -0.493 e. The van der Waals surface area contributed by atoms with Crippen molar-refractivity contribution in [1.29, 1.82) is 0 Å². The zero-order valence-electron chi connectivity index (χ0n) is 21.2. The molecule has 36 heavy (non-hydrogen) atoms. The molecular weight excluding hydrogens is 478 g/mol. The molecule has 0 radical (unpaired) electrons. The lowest BCUT2D eigenvalue weighted by atomic mass is 9.95. The largest absolute Gasteiger partial charge is 0.493 e. The highest BCUT2D eigenvalue weighted by atomic mass is 32.1. The molecule has 8 nitrogen and oxygen atoms in total. The molecule has 1 aliphatic rings. The van der Waals surface area contributed by atoms with Crippen LogP contribution in [0.2, 0.25) is 0 Å². The molecular formula is C27H29N3O5S. The van der Waals surface area contributed by atoms with Gasteiger partial charge in [0.25, 0.3) is 5.56 Å². The fourth-order valence-electron chi connectivity index (χ4n) is 4.15. The number of nitrogens with zero attached hydrogens (tertiary/aromatic N) is 3. The molecule has 0 N–H and O–H groups in total. The van der Waals surface area contributed by atoms with Gasteiger partial charge in [0.1, 0.15) is 0 Å². The maximum atomic E-state index is 13.7. The summed E-state index contributed by atoms with van der Waals surface area (Å²) in [7, 11) is 7.05. The summed E-state index contributed by atoms with van der Waals surface area (Å²) in [5.41, 5.74) is 3.25. The van der Waals surface area contributed by atoms with Crippen molar-refractivity contribution in [2.45, 2.75) is 19.9 Å². The zero-order valence-corrected chi connectivity index (χ0v) is 22.0. The van der Waals surface area contributed by atoms with Gasteiger partial charge in [-0.2, -0.15) is 0 Å². The van der Waals surface area contributed by atoms with Crippen LogP contribution >= 0.6 is 11.3 Å². The van der Waals surface area contributed by atoms with E-state index in [9.17, 15) is 9.59 Å². The highest BCUT2D eigenvalue weighted by Gasteiger charge is 2.33. The number of aromatic nitrogens is 1. The average Bonchev–Trinajstić information content (AvgIpc) is 3.17. The van der Waals surface area contributed by atoms with Crippen LogP contribution in [-0.2, 0) is 9.53 Å². The number of benzene rings is 2. The summed E-state index contributed by atoms with van der Waals surface area (Å²) in [4.78, 5) is 33.9. The summed E-state index contributed by atoms with van der Waals surface area (Å²) in [6, 6.07) is 12.6. The maximum absolute atomic E-state index is 13.7. The number of rotatable bonds is 7. The van der Waals surface area contributed by atoms with Crippen LogP contribution in [0.15, 0.2) is 63.5 Å². The van der Waals surface area contributed by atoms with Crippen molar-refractivity contribution in [3.05, 3.63) is 84.5 Å². The molecule has 1 atom stereocenters. The number of carbonyl (C=O) groups excluding carboxylic acids is 1. The predicted octanol–water partition coefficient (Wildman–Crippen LogP) is 2.88. The lowest BCUT2D eigenvalue weighted by molar-refractivity contribution is -0.139. The van der Waals surface area contributed by atoms with Gasteiger partial charge in [0, 0.05) is 19.8 Å². The van der Waals surface area contributed by atoms with Crippen LogP contribution in [0.1, 0.15) is 31.0 Å². The van der Waals surface area contributed by atoms with Crippen LogP contribution in [0, 0.1) is 0 Å². The van der Waals surface area contributed by atoms with Gasteiger partial charge in [0.2, 0.25) is 0 Å². The van der Waals surface area contributed by atoms with Crippen LogP contribution in [0.5, 0.6) is 11.5 Å². The number of allylic oxidation sites excluding steroid dienone is 1. The topological polar surface area (TPSA) is 82.4 Å². The minimum atomic E-state index is -0.724. The molecule has 3 aromatic rings. The molecule has 9 heteroatoms. The maximum Gasteiger partial charge on any atom is 0.338 e. The van der Waals surface area contributed by atoms with E-state index in [1.54, 1.807) is 44.8 Å². The first-order chi connectivity index (χ1) is 17.3. The normalized spacial score (nSPS) is 15.3. The van der Waals surface area contributed by atoms with Crippen LogP contribution in [0.4, 0.5) is 5.69 Å².